The quantitative estimate of drug-likeness (QED) is 0.701. The van der Waals surface area contributed by atoms with E-state index in [0.29, 0.717) is 23.2 Å². The topological polar surface area (TPSA) is 55.1 Å². The molecule has 1 N–H and O–H groups in total. The number of benzene rings is 2. The molecule has 0 fully saturated rings. The monoisotopic (exact) mass is 336 g/mol. The number of oxazole rings is 1. The van der Waals surface area contributed by atoms with Gasteiger partial charge in [-0.1, -0.05) is 18.5 Å². The Morgan fingerprint density at radius 3 is 2.74 bits per heavy atom. The average Bonchev–Trinajstić information content (AvgIpc) is 2.93. The second kappa shape index (κ2) is 5.96. The van der Waals surface area contributed by atoms with Crippen molar-refractivity contribution in [3.05, 3.63) is 47.0 Å². The van der Waals surface area contributed by atoms with Crippen LogP contribution in [-0.2, 0) is 4.79 Å². The molecule has 4 nitrogen and oxygen atoms in total. The summed E-state index contributed by atoms with van der Waals surface area (Å²) in [7, 11) is 0. The van der Waals surface area contributed by atoms with Gasteiger partial charge in [-0.05, 0) is 30.3 Å². The molecule has 23 heavy (non-hydrogen) atoms. The van der Waals surface area contributed by atoms with Crippen molar-refractivity contribution in [1.82, 2.24) is 4.98 Å². The Balaban J connectivity index is 2.03. The molecular weight excluding hydrogens is 326 g/mol. The Labute approximate surface area is 135 Å². The summed E-state index contributed by atoms with van der Waals surface area (Å²) in [6, 6.07) is 6.72. The number of amides is 1. The molecule has 0 aliphatic rings. The van der Waals surface area contributed by atoms with Gasteiger partial charge >= 0.3 is 0 Å². The second-order valence-corrected chi connectivity index (χ2v) is 5.26. The van der Waals surface area contributed by atoms with E-state index in [-0.39, 0.29) is 22.4 Å². The van der Waals surface area contributed by atoms with Crippen molar-refractivity contribution in [3.8, 4) is 11.5 Å². The number of hydrogen-bond acceptors (Lipinski definition) is 3. The fourth-order valence-electron chi connectivity index (χ4n) is 2.06. The summed E-state index contributed by atoms with van der Waals surface area (Å²) in [6.07, 6.45) is 0.354. The minimum atomic E-state index is -1.04. The van der Waals surface area contributed by atoms with E-state index in [4.69, 9.17) is 16.0 Å². The van der Waals surface area contributed by atoms with Gasteiger partial charge in [0.15, 0.2) is 17.2 Å². The molecule has 2 aromatic carbocycles. The minimum absolute atomic E-state index is 0.00466. The zero-order chi connectivity index (χ0) is 16.6. The lowest BCUT2D eigenvalue weighted by molar-refractivity contribution is -0.115. The fourth-order valence-corrected chi connectivity index (χ4v) is 2.29. The Hall–Kier alpha value is -2.47. The molecule has 0 spiro atoms. The lowest BCUT2D eigenvalue weighted by atomic mass is 10.2. The Bertz CT molecular complexity index is 908. The van der Waals surface area contributed by atoms with Crippen LogP contribution in [0.25, 0.3) is 22.6 Å². The molecule has 3 aromatic rings. The molecule has 1 amide bonds. The number of nitrogens with one attached hydrogen (secondary N) is 1. The van der Waals surface area contributed by atoms with Gasteiger partial charge in [0.25, 0.3) is 0 Å². The first kappa shape index (κ1) is 15.4. The molecule has 0 radical (unpaired) electrons. The maximum absolute atomic E-state index is 13.4. The number of carbonyl (C=O) groups is 1. The SMILES string of the molecule is CCC(=O)Nc1ccc2oc(-c3cc(F)c(F)cc3Cl)nc2c1. The highest BCUT2D eigenvalue weighted by atomic mass is 35.5. The van der Waals surface area contributed by atoms with Crippen LogP contribution in [0.4, 0.5) is 14.5 Å². The third-order valence-electron chi connectivity index (χ3n) is 3.23. The number of carbonyl (C=O) groups excluding carboxylic acids is 1. The van der Waals surface area contributed by atoms with Gasteiger partial charge in [-0.2, -0.15) is 0 Å². The fraction of sp³-hybridized carbons (Fsp3) is 0.125. The van der Waals surface area contributed by atoms with Crippen molar-refractivity contribution in [2.45, 2.75) is 13.3 Å². The Morgan fingerprint density at radius 1 is 1.26 bits per heavy atom. The van der Waals surface area contributed by atoms with Crippen molar-refractivity contribution in [3.63, 3.8) is 0 Å². The number of rotatable bonds is 3. The van der Waals surface area contributed by atoms with E-state index in [0.717, 1.165) is 12.1 Å². The van der Waals surface area contributed by atoms with Gasteiger partial charge in [0.2, 0.25) is 11.8 Å². The third kappa shape index (κ3) is 3.03. The average molecular weight is 337 g/mol. The highest BCUT2D eigenvalue weighted by Crippen LogP contribution is 2.32. The number of halogens is 3. The summed E-state index contributed by atoms with van der Waals surface area (Å²) in [4.78, 5) is 15.6. The highest BCUT2D eigenvalue weighted by Gasteiger charge is 2.16. The van der Waals surface area contributed by atoms with Gasteiger partial charge in [0.1, 0.15) is 5.52 Å². The van der Waals surface area contributed by atoms with E-state index in [9.17, 15) is 13.6 Å². The highest BCUT2D eigenvalue weighted by molar-refractivity contribution is 6.33. The maximum atomic E-state index is 13.4. The maximum Gasteiger partial charge on any atom is 0.228 e. The van der Waals surface area contributed by atoms with Gasteiger partial charge in [-0.25, -0.2) is 13.8 Å². The van der Waals surface area contributed by atoms with E-state index < -0.39 is 11.6 Å². The predicted molar refractivity (Wildman–Crippen MR) is 83.3 cm³/mol. The lowest BCUT2D eigenvalue weighted by Gasteiger charge is -2.01. The molecule has 7 heteroatoms. The van der Waals surface area contributed by atoms with Crippen LogP contribution >= 0.6 is 11.6 Å². The van der Waals surface area contributed by atoms with Crippen LogP contribution in [0.15, 0.2) is 34.7 Å². The van der Waals surface area contributed by atoms with Gasteiger partial charge in [-0.15, -0.1) is 0 Å². The largest absolute Gasteiger partial charge is 0.436 e. The van der Waals surface area contributed by atoms with Crippen LogP contribution in [0.3, 0.4) is 0 Å². The van der Waals surface area contributed by atoms with E-state index in [1.165, 1.54) is 0 Å². The van der Waals surface area contributed by atoms with Crippen molar-refractivity contribution in [1.29, 1.82) is 0 Å². The summed E-state index contributed by atoms with van der Waals surface area (Å²) in [5, 5.41) is 2.70. The van der Waals surface area contributed by atoms with Crippen LogP contribution in [0, 0.1) is 11.6 Å². The van der Waals surface area contributed by atoms with E-state index in [2.05, 4.69) is 10.3 Å². The van der Waals surface area contributed by atoms with Crippen LogP contribution in [0.1, 0.15) is 13.3 Å². The summed E-state index contributed by atoms with van der Waals surface area (Å²) < 4.78 is 32.1. The van der Waals surface area contributed by atoms with Gasteiger partial charge in [0.05, 0.1) is 10.6 Å². The Morgan fingerprint density at radius 2 is 2.00 bits per heavy atom. The first-order valence-corrected chi connectivity index (χ1v) is 7.21. The number of fused-ring (bicyclic) bond motifs is 1. The third-order valence-corrected chi connectivity index (χ3v) is 3.55. The number of anilines is 1. The standard InChI is InChI=1S/C16H11ClF2N2O2/c1-2-15(22)20-8-3-4-14-13(5-8)21-16(23-14)9-6-11(18)12(19)7-10(9)17/h3-7H,2H2,1H3,(H,20,22). The number of nitrogens with zero attached hydrogens (tertiary/aromatic N) is 1. The zero-order valence-corrected chi connectivity index (χ0v) is 12.7. The molecule has 0 saturated heterocycles. The van der Waals surface area contributed by atoms with Gasteiger partial charge in [0, 0.05) is 12.1 Å². The molecule has 0 bridgehead atoms. The summed E-state index contributed by atoms with van der Waals surface area (Å²) >= 11 is 5.92. The summed E-state index contributed by atoms with van der Waals surface area (Å²) in [5.41, 5.74) is 1.63. The first-order valence-electron chi connectivity index (χ1n) is 6.83. The van der Waals surface area contributed by atoms with Crippen molar-refractivity contribution in [2.24, 2.45) is 0 Å². The molecule has 0 atom stereocenters. The molecule has 0 aliphatic heterocycles. The van der Waals surface area contributed by atoms with Crippen LogP contribution < -0.4 is 5.32 Å². The smallest absolute Gasteiger partial charge is 0.228 e. The molecule has 0 aliphatic carbocycles. The normalized spacial score (nSPS) is 11.0. The molecule has 1 heterocycles. The summed E-state index contributed by atoms with van der Waals surface area (Å²) in [6.45, 7) is 1.74. The number of hydrogen-bond donors (Lipinski definition) is 1. The molecule has 1 aromatic heterocycles. The van der Waals surface area contributed by atoms with E-state index in [1.54, 1.807) is 25.1 Å². The van der Waals surface area contributed by atoms with Crippen molar-refractivity contribution in [2.75, 3.05) is 5.32 Å². The van der Waals surface area contributed by atoms with E-state index >= 15 is 0 Å². The molecule has 3 rings (SSSR count). The summed E-state index contributed by atoms with van der Waals surface area (Å²) in [5.74, 6) is -2.14. The molecular formula is C16H11ClF2N2O2. The van der Waals surface area contributed by atoms with Gasteiger partial charge < -0.3 is 9.73 Å². The zero-order valence-electron chi connectivity index (χ0n) is 12.0. The van der Waals surface area contributed by atoms with Crippen molar-refractivity contribution >= 4 is 34.3 Å². The Kier molecular flexibility index (Phi) is 4.00. The van der Waals surface area contributed by atoms with Crippen LogP contribution in [-0.4, -0.2) is 10.9 Å². The first-order chi connectivity index (χ1) is 11.0. The minimum Gasteiger partial charge on any atom is -0.436 e. The van der Waals surface area contributed by atoms with E-state index in [1.807, 2.05) is 0 Å². The second-order valence-electron chi connectivity index (χ2n) is 4.85. The predicted octanol–water partition coefficient (Wildman–Crippen LogP) is 4.77. The van der Waals surface area contributed by atoms with Crippen LogP contribution in [0.5, 0.6) is 0 Å². The van der Waals surface area contributed by atoms with Crippen molar-refractivity contribution < 1.29 is 18.0 Å². The van der Waals surface area contributed by atoms with Gasteiger partial charge in [-0.3, -0.25) is 4.79 Å². The van der Waals surface area contributed by atoms with Crippen LogP contribution in [0.2, 0.25) is 5.02 Å². The number of aromatic nitrogens is 1. The molecule has 118 valence electrons. The molecule has 0 saturated carbocycles. The lowest BCUT2D eigenvalue weighted by Crippen LogP contribution is -2.08. The molecule has 0 unspecified atom stereocenters.